The zero-order valence-electron chi connectivity index (χ0n) is 16.3. The predicted octanol–water partition coefficient (Wildman–Crippen LogP) is 6.39. The number of para-hydroxylation sites is 1. The summed E-state index contributed by atoms with van der Waals surface area (Å²) in [6.07, 6.45) is 0.612. The summed E-state index contributed by atoms with van der Waals surface area (Å²) in [4.78, 5) is 18.2. The summed E-state index contributed by atoms with van der Waals surface area (Å²) >= 11 is 3.21. The molecule has 0 aliphatic carbocycles. The van der Waals surface area contributed by atoms with E-state index in [1.54, 1.807) is 29.2 Å². The minimum Gasteiger partial charge on any atom is -0.356 e. The highest BCUT2D eigenvalue weighted by atomic mass is 79.9. The molecule has 1 aromatic heterocycles. The van der Waals surface area contributed by atoms with E-state index in [4.69, 9.17) is 0 Å². The maximum Gasteiger partial charge on any atom is 0.322 e. The number of carbonyl (C=O) groups is 1. The van der Waals surface area contributed by atoms with Crippen LogP contribution in [0.2, 0.25) is 0 Å². The molecule has 4 aromatic rings. The third-order valence-electron chi connectivity index (χ3n) is 5.67. The SMILES string of the molecule is O=C(Nc1ccc(Br)cc1F)N1CCc2c([nH]c3ccccc23)[C@H]1c1ccccc1F. The number of rotatable bonds is 2. The van der Waals surface area contributed by atoms with Gasteiger partial charge in [-0.1, -0.05) is 52.3 Å². The van der Waals surface area contributed by atoms with Crippen LogP contribution in [0.4, 0.5) is 19.3 Å². The average Bonchev–Trinajstić information content (AvgIpc) is 3.14. The van der Waals surface area contributed by atoms with Gasteiger partial charge in [0.15, 0.2) is 0 Å². The van der Waals surface area contributed by atoms with Crippen molar-refractivity contribution in [2.45, 2.75) is 12.5 Å². The van der Waals surface area contributed by atoms with Crippen LogP contribution in [0.5, 0.6) is 0 Å². The molecule has 2 N–H and O–H groups in total. The molecule has 0 saturated heterocycles. The van der Waals surface area contributed by atoms with Crippen LogP contribution < -0.4 is 5.32 Å². The molecule has 0 radical (unpaired) electrons. The molecular formula is C24H18BrF2N3O. The quantitative estimate of drug-likeness (QED) is 0.342. The van der Waals surface area contributed by atoms with Gasteiger partial charge in [-0.2, -0.15) is 0 Å². The van der Waals surface area contributed by atoms with Crippen LogP contribution in [0.1, 0.15) is 22.9 Å². The molecule has 2 heterocycles. The highest BCUT2D eigenvalue weighted by molar-refractivity contribution is 9.10. The Morgan fingerprint density at radius 1 is 1.03 bits per heavy atom. The Kier molecular flexibility index (Phi) is 4.98. The molecular weight excluding hydrogens is 464 g/mol. The van der Waals surface area contributed by atoms with Gasteiger partial charge in [-0.15, -0.1) is 0 Å². The fraction of sp³-hybridized carbons (Fsp3) is 0.125. The van der Waals surface area contributed by atoms with Crippen LogP contribution in [0.25, 0.3) is 10.9 Å². The Morgan fingerprint density at radius 2 is 1.81 bits per heavy atom. The number of hydrogen-bond donors (Lipinski definition) is 2. The van der Waals surface area contributed by atoms with E-state index in [1.807, 2.05) is 24.3 Å². The van der Waals surface area contributed by atoms with E-state index in [0.717, 1.165) is 22.2 Å². The van der Waals surface area contributed by atoms with Gasteiger partial charge in [0.2, 0.25) is 0 Å². The van der Waals surface area contributed by atoms with Gasteiger partial charge >= 0.3 is 6.03 Å². The van der Waals surface area contributed by atoms with Crippen LogP contribution >= 0.6 is 15.9 Å². The molecule has 4 nitrogen and oxygen atoms in total. The highest BCUT2D eigenvalue weighted by Crippen LogP contribution is 2.39. The number of fused-ring (bicyclic) bond motifs is 3. The van der Waals surface area contributed by atoms with Crippen molar-refractivity contribution in [2.75, 3.05) is 11.9 Å². The number of H-pyrrole nitrogens is 1. The lowest BCUT2D eigenvalue weighted by Crippen LogP contribution is -2.43. The van der Waals surface area contributed by atoms with Crippen molar-refractivity contribution < 1.29 is 13.6 Å². The van der Waals surface area contributed by atoms with Crippen LogP contribution in [-0.2, 0) is 6.42 Å². The number of carbonyl (C=O) groups excluding carboxylic acids is 1. The molecule has 5 rings (SSSR count). The van der Waals surface area contributed by atoms with Crippen molar-refractivity contribution in [3.63, 3.8) is 0 Å². The molecule has 31 heavy (non-hydrogen) atoms. The molecule has 0 saturated carbocycles. The number of amides is 2. The summed E-state index contributed by atoms with van der Waals surface area (Å²) in [5.74, 6) is -0.944. The van der Waals surface area contributed by atoms with Crippen molar-refractivity contribution in [1.82, 2.24) is 9.88 Å². The molecule has 7 heteroatoms. The summed E-state index contributed by atoms with van der Waals surface area (Å²) < 4.78 is 29.7. The second kappa shape index (κ2) is 7.81. The second-order valence-electron chi connectivity index (χ2n) is 7.48. The van der Waals surface area contributed by atoms with Gasteiger partial charge in [-0.05, 0) is 42.3 Å². The number of anilines is 1. The van der Waals surface area contributed by atoms with Crippen molar-refractivity contribution >= 4 is 38.6 Å². The lowest BCUT2D eigenvalue weighted by molar-refractivity contribution is 0.191. The smallest absolute Gasteiger partial charge is 0.322 e. The van der Waals surface area contributed by atoms with E-state index >= 15 is 0 Å². The van der Waals surface area contributed by atoms with Crippen LogP contribution in [0.3, 0.4) is 0 Å². The van der Waals surface area contributed by atoms with Gasteiger partial charge in [-0.3, -0.25) is 0 Å². The monoisotopic (exact) mass is 481 g/mol. The summed E-state index contributed by atoms with van der Waals surface area (Å²) in [5.41, 5.74) is 3.26. The van der Waals surface area contributed by atoms with E-state index < -0.39 is 23.7 Å². The minimum atomic E-state index is -0.657. The van der Waals surface area contributed by atoms with Gasteiger partial charge in [0.1, 0.15) is 17.7 Å². The normalized spacial score (nSPS) is 15.7. The van der Waals surface area contributed by atoms with E-state index in [2.05, 4.69) is 26.2 Å². The first-order valence-electron chi connectivity index (χ1n) is 9.89. The lowest BCUT2D eigenvalue weighted by atomic mass is 9.92. The fourth-order valence-corrected chi connectivity index (χ4v) is 4.59. The number of nitrogens with zero attached hydrogens (tertiary/aromatic N) is 1. The molecule has 0 bridgehead atoms. The van der Waals surface area contributed by atoms with Crippen LogP contribution in [0.15, 0.2) is 71.2 Å². The zero-order valence-corrected chi connectivity index (χ0v) is 17.9. The van der Waals surface area contributed by atoms with Crippen molar-refractivity contribution in [2.24, 2.45) is 0 Å². The van der Waals surface area contributed by atoms with E-state index in [9.17, 15) is 13.6 Å². The summed E-state index contributed by atoms with van der Waals surface area (Å²) in [6, 6.07) is 17.6. The third-order valence-corrected chi connectivity index (χ3v) is 6.16. The molecule has 0 unspecified atom stereocenters. The van der Waals surface area contributed by atoms with Gasteiger partial charge in [0, 0.05) is 33.2 Å². The number of benzene rings is 3. The first-order valence-corrected chi connectivity index (χ1v) is 10.7. The van der Waals surface area contributed by atoms with Gasteiger partial charge in [-0.25, -0.2) is 13.6 Å². The summed E-state index contributed by atoms with van der Waals surface area (Å²) in [7, 11) is 0. The first kappa shape index (κ1) is 19.8. The molecule has 1 atom stereocenters. The van der Waals surface area contributed by atoms with E-state index in [0.29, 0.717) is 23.0 Å². The topological polar surface area (TPSA) is 48.1 Å². The minimum absolute atomic E-state index is 0.0722. The Labute approximate surface area is 186 Å². The molecule has 156 valence electrons. The Bertz CT molecular complexity index is 1300. The Hall–Kier alpha value is -3.19. The number of hydrogen-bond acceptors (Lipinski definition) is 1. The molecule has 3 aromatic carbocycles. The second-order valence-corrected chi connectivity index (χ2v) is 8.40. The van der Waals surface area contributed by atoms with Gasteiger partial charge in [0.25, 0.3) is 0 Å². The van der Waals surface area contributed by atoms with Gasteiger partial charge < -0.3 is 15.2 Å². The van der Waals surface area contributed by atoms with E-state index in [1.165, 1.54) is 18.2 Å². The molecule has 1 aliphatic rings. The largest absolute Gasteiger partial charge is 0.356 e. The van der Waals surface area contributed by atoms with Crippen molar-refractivity contribution in [3.8, 4) is 0 Å². The number of aromatic amines is 1. The van der Waals surface area contributed by atoms with Crippen molar-refractivity contribution in [3.05, 3.63) is 99.7 Å². The standard InChI is InChI=1S/C24H18BrF2N3O/c25-14-9-10-21(19(27)13-14)29-24(31)30-12-11-16-15-5-2-4-8-20(15)28-22(16)23(30)17-6-1-3-7-18(17)26/h1-10,13,23,28H,11-12H2,(H,29,31)/t23-/m1/s1. The number of urea groups is 1. The molecule has 1 aliphatic heterocycles. The van der Waals surface area contributed by atoms with Crippen LogP contribution in [0, 0.1) is 11.6 Å². The molecule has 0 fully saturated rings. The molecule has 0 spiro atoms. The first-order chi connectivity index (χ1) is 15.0. The Balaban J connectivity index is 1.59. The number of halogens is 3. The number of nitrogens with one attached hydrogen (secondary N) is 2. The summed E-state index contributed by atoms with van der Waals surface area (Å²) in [5, 5.41) is 3.71. The highest BCUT2D eigenvalue weighted by Gasteiger charge is 2.36. The predicted molar refractivity (Wildman–Crippen MR) is 120 cm³/mol. The van der Waals surface area contributed by atoms with Gasteiger partial charge in [0.05, 0.1) is 5.69 Å². The lowest BCUT2D eigenvalue weighted by Gasteiger charge is -2.36. The maximum absolute atomic E-state index is 14.9. The van der Waals surface area contributed by atoms with Crippen LogP contribution in [-0.4, -0.2) is 22.5 Å². The zero-order chi connectivity index (χ0) is 21.5. The van der Waals surface area contributed by atoms with E-state index in [-0.39, 0.29) is 5.69 Å². The molecule has 2 amide bonds. The van der Waals surface area contributed by atoms with Crippen molar-refractivity contribution in [1.29, 1.82) is 0 Å². The third kappa shape index (κ3) is 3.49. The maximum atomic E-state index is 14.9. The average molecular weight is 482 g/mol. The fourth-order valence-electron chi connectivity index (χ4n) is 4.26. The number of aromatic nitrogens is 1. The Morgan fingerprint density at radius 3 is 2.61 bits per heavy atom. The summed E-state index contributed by atoms with van der Waals surface area (Å²) in [6.45, 7) is 0.373.